The minimum absolute atomic E-state index is 0.0281. The van der Waals surface area contributed by atoms with E-state index in [0.29, 0.717) is 0 Å². The molecule has 2 N–H and O–H groups in total. The molecule has 1 amide bonds. The zero-order valence-corrected chi connectivity index (χ0v) is 7.27. The molecule has 0 fully saturated rings. The van der Waals surface area contributed by atoms with E-state index in [1.54, 1.807) is 0 Å². The Hall–Kier alpha value is -1.85. The summed E-state index contributed by atoms with van der Waals surface area (Å²) in [5.74, 6) is -1.21. The first-order chi connectivity index (χ1) is 6.07. The molecule has 6 heteroatoms. The zero-order valence-electron chi connectivity index (χ0n) is 7.27. The largest absolute Gasteiger partial charge is 0.464 e. The molecule has 0 aliphatic rings. The third-order valence-electron chi connectivity index (χ3n) is 1.60. The van der Waals surface area contributed by atoms with Crippen LogP contribution in [0.25, 0.3) is 0 Å². The maximum Gasteiger partial charge on any atom is 0.356 e. The molecule has 6 nitrogen and oxygen atoms in total. The number of imidazole rings is 1. The summed E-state index contributed by atoms with van der Waals surface area (Å²) in [6.07, 6.45) is 1.24. The van der Waals surface area contributed by atoms with Crippen LogP contribution in [0.5, 0.6) is 0 Å². The van der Waals surface area contributed by atoms with Crippen molar-refractivity contribution in [3.63, 3.8) is 0 Å². The lowest BCUT2D eigenvalue weighted by molar-refractivity contribution is 0.0590. The molecule has 1 rings (SSSR count). The van der Waals surface area contributed by atoms with Crippen LogP contribution in [0.15, 0.2) is 6.20 Å². The minimum atomic E-state index is -0.683. The van der Waals surface area contributed by atoms with Crippen LogP contribution in [0.1, 0.15) is 21.1 Å². The Labute approximate surface area is 74.3 Å². The Bertz CT molecular complexity index is 356. The lowest BCUT2D eigenvalue weighted by Gasteiger charge is -2.00. The van der Waals surface area contributed by atoms with Gasteiger partial charge in [-0.3, -0.25) is 4.79 Å². The van der Waals surface area contributed by atoms with E-state index in [1.807, 2.05) is 0 Å². The molecule has 1 heterocycles. The second-order valence-corrected chi connectivity index (χ2v) is 2.38. The van der Waals surface area contributed by atoms with Gasteiger partial charge in [0.05, 0.1) is 13.3 Å². The van der Waals surface area contributed by atoms with Gasteiger partial charge >= 0.3 is 5.97 Å². The van der Waals surface area contributed by atoms with Gasteiger partial charge in [-0.25, -0.2) is 9.78 Å². The first-order valence-electron chi connectivity index (χ1n) is 3.47. The number of esters is 1. The van der Waals surface area contributed by atoms with Crippen molar-refractivity contribution in [3.05, 3.63) is 17.7 Å². The van der Waals surface area contributed by atoms with Gasteiger partial charge in [0.2, 0.25) is 0 Å². The van der Waals surface area contributed by atoms with Gasteiger partial charge in [0.1, 0.15) is 5.69 Å². The number of nitrogens with two attached hydrogens (primary N) is 1. The van der Waals surface area contributed by atoms with E-state index < -0.39 is 11.9 Å². The first kappa shape index (κ1) is 9.24. The number of carbonyl (C=O) groups is 2. The van der Waals surface area contributed by atoms with Crippen LogP contribution >= 0.6 is 0 Å². The Morgan fingerprint density at radius 2 is 2.23 bits per heavy atom. The molecule has 1 aromatic rings. The van der Waals surface area contributed by atoms with Crippen molar-refractivity contribution in [2.75, 3.05) is 7.11 Å². The number of nitrogens with zero attached hydrogens (tertiary/aromatic N) is 2. The van der Waals surface area contributed by atoms with E-state index in [9.17, 15) is 9.59 Å². The molecule has 0 atom stereocenters. The summed E-state index contributed by atoms with van der Waals surface area (Å²) in [7, 11) is 2.76. The maximum atomic E-state index is 11.0. The van der Waals surface area contributed by atoms with Gasteiger partial charge in [-0.15, -0.1) is 0 Å². The van der Waals surface area contributed by atoms with Crippen molar-refractivity contribution in [1.82, 2.24) is 9.55 Å². The van der Waals surface area contributed by atoms with Gasteiger partial charge in [0, 0.05) is 7.05 Å². The summed E-state index contributed by atoms with van der Waals surface area (Å²) in [5.41, 5.74) is 5.19. The summed E-state index contributed by atoms with van der Waals surface area (Å²) >= 11 is 0. The highest BCUT2D eigenvalue weighted by Gasteiger charge is 2.16. The van der Waals surface area contributed by atoms with E-state index in [0.717, 1.165) is 0 Å². The molecule has 0 saturated heterocycles. The number of amides is 1. The Morgan fingerprint density at radius 1 is 1.62 bits per heavy atom. The Kier molecular flexibility index (Phi) is 2.32. The average Bonchev–Trinajstić information content (AvgIpc) is 2.46. The van der Waals surface area contributed by atoms with Gasteiger partial charge in [0.25, 0.3) is 5.91 Å². The standard InChI is InChI=1S/C7H9N3O3/c1-10-4(7(12)13-2)3-9-6(10)5(8)11/h3H,1-2H3,(H2,8,11). The molecule has 0 saturated carbocycles. The molecule has 13 heavy (non-hydrogen) atoms. The molecule has 0 aromatic carbocycles. The van der Waals surface area contributed by atoms with Crippen molar-refractivity contribution in [3.8, 4) is 0 Å². The summed E-state index contributed by atoms with van der Waals surface area (Å²) in [5, 5.41) is 0. The number of hydrogen-bond donors (Lipinski definition) is 1. The van der Waals surface area contributed by atoms with Crippen LogP contribution in [0.4, 0.5) is 0 Å². The average molecular weight is 183 g/mol. The summed E-state index contributed by atoms with van der Waals surface area (Å²) < 4.78 is 5.74. The number of hydrogen-bond acceptors (Lipinski definition) is 4. The van der Waals surface area contributed by atoms with E-state index in [2.05, 4.69) is 9.72 Å². The summed E-state index contributed by atoms with van der Waals surface area (Å²) in [6, 6.07) is 0. The lowest BCUT2D eigenvalue weighted by atomic mass is 10.5. The fourth-order valence-electron chi connectivity index (χ4n) is 0.933. The van der Waals surface area contributed by atoms with Crippen molar-refractivity contribution in [2.45, 2.75) is 0 Å². The predicted molar refractivity (Wildman–Crippen MR) is 43.1 cm³/mol. The quantitative estimate of drug-likeness (QED) is 0.614. The molecule has 1 aromatic heterocycles. The normalized spacial score (nSPS) is 9.69. The van der Waals surface area contributed by atoms with Gasteiger partial charge in [-0.1, -0.05) is 0 Å². The van der Waals surface area contributed by atoms with Crippen LogP contribution in [-0.4, -0.2) is 28.5 Å². The molecule has 70 valence electrons. The second-order valence-electron chi connectivity index (χ2n) is 2.38. The molecule has 0 unspecified atom stereocenters. The van der Waals surface area contributed by atoms with Crippen molar-refractivity contribution in [2.24, 2.45) is 12.8 Å². The van der Waals surface area contributed by atoms with Crippen LogP contribution in [0.2, 0.25) is 0 Å². The van der Waals surface area contributed by atoms with Crippen molar-refractivity contribution >= 4 is 11.9 Å². The number of primary amides is 1. The Balaban J connectivity index is 3.13. The molecule has 0 radical (unpaired) electrons. The number of methoxy groups -OCH3 is 1. The van der Waals surface area contributed by atoms with E-state index in [1.165, 1.54) is 24.9 Å². The number of carbonyl (C=O) groups excluding carboxylic acids is 2. The number of rotatable bonds is 2. The van der Waals surface area contributed by atoms with Crippen LogP contribution < -0.4 is 5.73 Å². The number of ether oxygens (including phenoxy) is 1. The van der Waals surface area contributed by atoms with Crippen LogP contribution in [0, 0.1) is 0 Å². The van der Waals surface area contributed by atoms with Gasteiger partial charge in [-0.05, 0) is 0 Å². The van der Waals surface area contributed by atoms with Gasteiger partial charge < -0.3 is 15.0 Å². The monoisotopic (exact) mass is 183 g/mol. The zero-order chi connectivity index (χ0) is 10.0. The van der Waals surface area contributed by atoms with E-state index >= 15 is 0 Å². The SMILES string of the molecule is COC(=O)c1cnc(C(N)=O)n1C. The van der Waals surface area contributed by atoms with Crippen molar-refractivity contribution < 1.29 is 14.3 Å². The van der Waals surface area contributed by atoms with Gasteiger partial charge in [-0.2, -0.15) is 0 Å². The molecular weight excluding hydrogens is 174 g/mol. The molecule has 0 aliphatic heterocycles. The smallest absolute Gasteiger partial charge is 0.356 e. The third kappa shape index (κ3) is 1.51. The molecule has 0 spiro atoms. The molecule has 0 aliphatic carbocycles. The number of aromatic nitrogens is 2. The first-order valence-corrected chi connectivity index (χ1v) is 3.47. The fourth-order valence-corrected chi connectivity index (χ4v) is 0.933. The highest BCUT2D eigenvalue weighted by atomic mass is 16.5. The van der Waals surface area contributed by atoms with Crippen molar-refractivity contribution in [1.29, 1.82) is 0 Å². The lowest BCUT2D eigenvalue weighted by Crippen LogP contribution is -2.18. The molecular formula is C7H9N3O3. The third-order valence-corrected chi connectivity index (χ3v) is 1.60. The predicted octanol–water partition coefficient (Wildman–Crippen LogP) is -0.694. The topological polar surface area (TPSA) is 87.2 Å². The fraction of sp³-hybridized carbons (Fsp3) is 0.286. The highest BCUT2D eigenvalue weighted by Crippen LogP contribution is 2.03. The van der Waals surface area contributed by atoms with Crippen LogP contribution in [0.3, 0.4) is 0 Å². The van der Waals surface area contributed by atoms with Crippen LogP contribution in [-0.2, 0) is 11.8 Å². The highest BCUT2D eigenvalue weighted by molar-refractivity contribution is 5.93. The Morgan fingerprint density at radius 3 is 2.62 bits per heavy atom. The van der Waals surface area contributed by atoms with E-state index in [4.69, 9.17) is 5.73 Å². The molecule has 0 bridgehead atoms. The summed E-state index contributed by atoms with van der Waals surface area (Å²) in [6.45, 7) is 0. The summed E-state index contributed by atoms with van der Waals surface area (Å²) in [4.78, 5) is 25.4. The maximum absolute atomic E-state index is 11.0. The van der Waals surface area contributed by atoms with E-state index in [-0.39, 0.29) is 11.5 Å². The minimum Gasteiger partial charge on any atom is -0.464 e. The van der Waals surface area contributed by atoms with Gasteiger partial charge in [0.15, 0.2) is 5.82 Å². The second kappa shape index (κ2) is 3.26.